The summed E-state index contributed by atoms with van der Waals surface area (Å²) in [5.41, 5.74) is 3.26. The van der Waals surface area contributed by atoms with E-state index in [2.05, 4.69) is 55.3 Å². The molecular weight excluding hydrogens is 256 g/mol. The van der Waals surface area contributed by atoms with Gasteiger partial charge in [-0.2, -0.15) is 0 Å². The molecule has 1 aromatic carbocycles. The molecule has 1 saturated carbocycles. The van der Waals surface area contributed by atoms with E-state index in [1.165, 1.54) is 43.4 Å². The van der Waals surface area contributed by atoms with Gasteiger partial charge in [-0.15, -0.1) is 0 Å². The third-order valence-corrected chi connectivity index (χ3v) is 5.01. The molecule has 0 bridgehead atoms. The highest BCUT2D eigenvalue weighted by atomic mass is 15.1. The summed E-state index contributed by atoms with van der Waals surface area (Å²) >= 11 is 0. The van der Waals surface area contributed by atoms with E-state index in [0.29, 0.717) is 5.41 Å². The first kappa shape index (κ1) is 16.4. The zero-order valence-corrected chi connectivity index (χ0v) is 14.1. The fourth-order valence-corrected chi connectivity index (χ4v) is 3.50. The third kappa shape index (κ3) is 4.74. The standard InChI is InChI=1S/C19H32N2/c1-4-21(5-2)18-11-9-17(10-12-18)15-20-16-19(3)13-7-6-8-14-19/h9-12,20H,4-8,13-16H2,1-3H3. The summed E-state index contributed by atoms with van der Waals surface area (Å²) in [6.45, 7) is 11.2. The second-order valence-corrected chi connectivity index (χ2v) is 6.81. The van der Waals surface area contributed by atoms with Crippen LogP contribution in [-0.4, -0.2) is 19.6 Å². The van der Waals surface area contributed by atoms with Crippen molar-refractivity contribution >= 4 is 5.69 Å². The number of hydrogen-bond acceptors (Lipinski definition) is 2. The van der Waals surface area contributed by atoms with Crippen molar-refractivity contribution in [3.63, 3.8) is 0 Å². The van der Waals surface area contributed by atoms with Gasteiger partial charge in [-0.1, -0.05) is 38.3 Å². The van der Waals surface area contributed by atoms with Crippen LogP contribution in [0.1, 0.15) is 58.4 Å². The summed E-state index contributed by atoms with van der Waals surface area (Å²) in [6, 6.07) is 9.05. The number of hydrogen-bond donors (Lipinski definition) is 1. The molecule has 2 rings (SSSR count). The fraction of sp³-hybridized carbons (Fsp3) is 0.684. The van der Waals surface area contributed by atoms with Crippen LogP contribution in [0.3, 0.4) is 0 Å². The number of nitrogens with zero attached hydrogens (tertiary/aromatic N) is 1. The van der Waals surface area contributed by atoms with E-state index < -0.39 is 0 Å². The highest BCUT2D eigenvalue weighted by molar-refractivity contribution is 5.47. The van der Waals surface area contributed by atoms with Crippen LogP contribution >= 0.6 is 0 Å². The minimum Gasteiger partial charge on any atom is -0.372 e. The largest absolute Gasteiger partial charge is 0.372 e. The molecule has 1 aromatic rings. The van der Waals surface area contributed by atoms with Crippen LogP contribution in [0.2, 0.25) is 0 Å². The zero-order valence-electron chi connectivity index (χ0n) is 14.1. The van der Waals surface area contributed by atoms with Crippen molar-refractivity contribution in [1.29, 1.82) is 0 Å². The smallest absolute Gasteiger partial charge is 0.0366 e. The molecule has 0 aliphatic heterocycles. The van der Waals surface area contributed by atoms with Gasteiger partial charge in [0, 0.05) is 31.9 Å². The fourth-order valence-electron chi connectivity index (χ4n) is 3.50. The van der Waals surface area contributed by atoms with Gasteiger partial charge in [0.05, 0.1) is 0 Å². The molecule has 0 atom stereocenters. The number of nitrogens with one attached hydrogen (secondary N) is 1. The van der Waals surface area contributed by atoms with Crippen LogP contribution < -0.4 is 10.2 Å². The summed E-state index contributed by atoms with van der Waals surface area (Å²) in [4.78, 5) is 2.39. The molecule has 0 saturated heterocycles. The molecule has 0 radical (unpaired) electrons. The normalized spacial score (nSPS) is 17.7. The van der Waals surface area contributed by atoms with Gasteiger partial charge in [-0.25, -0.2) is 0 Å². The van der Waals surface area contributed by atoms with Crippen molar-refractivity contribution < 1.29 is 0 Å². The second-order valence-electron chi connectivity index (χ2n) is 6.81. The van der Waals surface area contributed by atoms with E-state index in [0.717, 1.165) is 26.2 Å². The van der Waals surface area contributed by atoms with Crippen molar-refractivity contribution in [3.8, 4) is 0 Å². The van der Waals surface area contributed by atoms with E-state index in [-0.39, 0.29) is 0 Å². The van der Waals surface area contributed by atoms with Crippen molar-refractivity contribution in [2.75, 3.05) is 24.5 Å². The molecular formula is C19H32N2. The number of rotatable bonds is 7. The quantitative estimate of drug-likeness (QED) is 0.789. The molecule has 0 aromatic heterocycles. The van der Waals surface area contributed by atoms with E-state index in [4.69, 9.17) is 0 Å². The first-order valence-electron chi connectivity index (χ1n) is 8.71. The minimum atomic E-state index is 0.527. The van der Waals surface area contributed by atoms with Gasteiger partial charge < -0.3 is 10.2 Å². The SMILES string of the molecule is CCN(CC)c1ccc(CNCC2(C)CCCCC2)cc1. The van der Waals surface area contributed by atoms with Gasteiger partial charge in [-0.3, -0.25) is 0 Å². The first-order valence-corrected chi connectivity index (χ1v) is 8.71. The lowest BCUT2D eigenvalue weighted by Gasteiger charge is -2.33. The van der Waals surface area contributed by atoms with E-state index in [1.807, 2.05) is 0 Å². The lowest BCUT2D eigenvalue weighted by atomic mass is 9.76. The first-order chi connectivity index (χ1) is 10.2. The summed E-state index contributed by atoms with van der Waals surface area (Å²) < 4.78 is 0. The Kier molecular flexibility index (Phi) is 6.10. The molecule has 1 aliphatic carbocycles. The van der Waals surface area contributed by atoms with Gasteiger partial charge >= 0.3 is 0 Å². The molecule has 118 valence electrons. The van der Waals surface area contributed by atoms with Crippen LogP contribution in [0.5, 0.6) is 0 Å². The molecule has 1 fully saturated rings. The monoisotopic (exact) mass is 288 g/mol. The van der Waals surface area contributed by atoms with Crippen LogP contribution in [0, 0.1) is 5.41 Å². The molecule has 0 heterocycles. The summed E-state index contributed by atoms with van der Waals surface area (Å²) in [5.74, 6) is 0. The molecule has 21 heavy (non-hydrogen) atoms. The zero-order chi connectivity index (χ0) is 15.1. The van der Waals surface area contributed by atoms with Crippen LogP contribution in [-0.2, 0) is 6.54 Å². The molecule has 2 nitrogen and oxygen atoms in total. The van der Waals surface area contributed by atoms with Crippen molar-refractivity contribution in [2.45, 2.75) is 59.4 Å². The van der Waals surface area contributed by atoms with Crippen molar-refractivity contribution in [1.82, 2.24) is 5.32 Å². The Morgan fingerprint density at radius 3 is 2.19 bits per heavy atom. The van der Waals surface area contributed by atoms with E-state index in [9.17, 15) is 0 Å². The lowest BCUT2D eigenvalue weighted by molar-refractivity contribution is 0.207. The van der Waals surface area contributed by atoms with Gasteiger partial charge in [-0.05, 0) is 49.8 Å². The van der Waals surface area contributed by atoms with Crippen LogP contribution in [0.25, 0.3) is 0 Å². The van der Waals surface area contributed by atoms with E-state index in [1.54, 1.807) is 0 Å². The van der Waals surface area contributed by atoms with Crippen LogP contribution in [0.15, 0.2) is 24.3 Å². The van der Waals surface area contributed by atoms with Crippen LogP contribution in [0.4, 0.5) is 5.69 Å². The summed E-state index contributed by atoms with van der Waals surface area (Å²) in [7, 11) is 0. The van der Waals surface area contributed by atoms with Gasteiger partial charge in [0.1, 0.15) is 0 Å². The Balaban J connectivity index is 1.80. The maximum Gasteiger partial charge on any atom is 0.0366 e. The van der Waals surface area contributed by atoms with Crippen molar-refractivity contribution in [2.24, 2.45) is 5.41 Å². The Morgan fingerprint density at radius 1 is 1.00 bits per heavy atom. The van der Waals surface area contributed by atoms with Crippen molar-refractivity contribution in [3.05, 3.63) is 29.8 Å². The molecule has 0 spiro atoms. The van der Waals surface area contributed by atoms with Gasteiger partial charge in [0.25, 0.3) is 0 Å². The summed E-state index contributed by atoms with van der Waals surface area (Å²) in [6.07, 6.45) is 7.04. The molecule has 1 aliphatic rings. The number of anilines is 1. The Morgan fingerprint density at radius 2 is 1.62 bits per heavy atom. The summed E-state index contributed by atoms with van der Waals surface area (Å²) in [5, 5.41) is 3.67. The minimum absolute atomic E-state index is 0.527. The average Bonchev–Trinajstić information content (AvgIpc) is 2.50. The Hall–Kier alpha value is -1.02. The van der Waals surface area contributed by atoms with Gasteiger partial charge in [0.15, 0.2) is 0 Å². The number of benzene rings is 1. The maximum atomic E-state index is 3.67. The lowest BCUT2D eigenvalue weighted by Crippen LogP contribution is -2.33. The van der Waals surface area contributed by atoms with Gasteiger partial charge in [0.2, 0.25) is 0 Å². The molecule has 1 N–H and O–H groups in total. The topological polar surface area (TPSA) is 15.3 Å². The third-order valence-electron chi connectivity index (χ3n) is 5.01. The Labute approximate surface area is 130 Å². The second kappa shape index (κ2) is 7.84. The highest BCUT2D eigenvalue weighted by Crippen LogP contribution is 2.34. The average molecular weight is 288 g/mol. The molecule has 0 unspecified atom stereocenters. The maximum absolute atomic E-state index is 3.67. The molecule has 2 heteroatoms. The highest BCUT2D eigenvalue weighted by Gasteiger charge is 2.25. The predicted molar refractivity (Wildman–Crippen MR) is 92.9 cm³/mol. The van der Waals surface area contributed by atoms with E-state index >= 15 is 0 Å². The predicted octanol–water partition coefficient (Wildman–Crippen LogP) is 4.59. The molecule has 0 amide bonds. The Bertz CT molecular complexity index is 400.